The molecule has 0 saturated heterocycles. The number of nitrogens with two attached hydrogens (primary N) is 1. The first kappa shape index (κ1) is 24.0. The number of nitro benzene ring substituents is 1. The van der Waals surface area contributed by atoms with Gasteiger partial charge in [0.05, 0.1) is 25.2 Å². The molecule has 0 radical (unpaired) electrons. The van der Waals surface area contributed by atoms with Gasteiger partial charge in [0.2, 0.25) is 0 Å². The Labute approximate surface area is 190 Å². The molecular weight excluding hydrogens is 406 g/mol. The third-order valence-electron chi connectivity index (χ3n) is 6.48. The molecule has 7 nitrogen and oxygen atoms in total. The summed E-state index contributed by atoms with van der Waals surface area (Å²) in [5.41, 5.74) is 8.99. The minimum Gasteiger partial charge on any atom is -0.493 e. The minimum absolute atomic E-state index is 0.0590. The van der Waals surface area contributed by atoms with E-state index < -0.39 is 0 Å². The van der Waals surface area contributed by atoms with Crippen molar-refractivity contribution in [3.05, 3.63) is 63.2 Å². The second-order valence-electron chi connectivity index (χ2n) is 8.87. The van der Waals surface area contributed by atoms with Crippen LogP contribution in [0.25, 0.3) is 0 Å². The van der Waals surface area contributed by atoms with Crippen LogP contribution in [0.5, 0.6) is 11.5 Å². The van der Waals surface area contributed by atoms with Crippen molar-refractivity contribution in [2.45, 2.75) is 45.7 Å². The second kappa shape index (κ2) is 11.3. The molecule has 0 atom stereocenters. The topological polar surface area (TPSA) is 90.9 Å². The molecule has 0 heterocycles. The van der Waals surface area contributed by atoms with Crippen LogP contribution >= 0.6 is 0 Å². The molecule has 1 aliphatic carbocycles. The molecule has 0 unspecified atom stereocenters. The molecule has 1 fully saturated rings. The van der Waals surface area contributed by atoms with Gasteiger partial charge in [0.1, 0.15) is 0 Å². The number of methoxy groups -OCH3 is 2. The Hall–Kier alpha value is -2.64. The molecule has 0 aliphatic heterocycles. The fourth-order valence-corrected chi connectivity index (χ4v) is 4.72. The summed E-state index contributed by atoms with van der Waals surface area (Å²) in [7, 11) is 3.04. The number of nitrogens with zero attached hydrogens (tertiary/aromatic N) is 2. The van der Waals surface area contributed by atoms with Crippen molar-refractivity contribution in [2.75, 3.05) is 27.3 Å². The molecule has 1 saturated carbocycles. The van der Waals surface area contributed by atoms with Crippen molar-refractivity contribution >= 4 is 5.69 Å². The molecule has 0 amide bonds. The monoisotopic (exact) mass is 441 g/mol. The highest BCUT2D eigenvalue weighted by Crippen LogP contribution is 2.36. The van der Waals surface area contributed by atoms with Crippen LogP contribution in [-0.4, -0.2) is 37.1 Å². The zero-order valence-corrected chi connectivity index (χ0v) is 19.4. The first-order valence-corrected chi connectivity index (χ1v) is 11.3. The van der Waals surface area contributed by atoms with Crippen LogP contribution < -0.4 is 15.2 Å². The number of hydrogen-bond donors (Lipinski definition) is 1. The quantitative estimate of drug-likeness (QED) is 0.425. The lowest BCUT2D eigenvalue weighted by molar-refractivity contribution is -0.385. The third-order valence-corrected chi connectivity index (χ3v) is 6.48. The van der Waals surface area contributed by atoms with Gasteiger partial charge in [-0.2, -0.15) is 0 Å². The van der Waals surface area contributed by atoms with Crippen molar-refractivity contribution in [2.24, 2.45) is 17.6 Å². The summed E-state index contributed by atoms with van der Waals surface area (Å²) in [4.78, 5) is 13.8. The van der Waals surface area contributed by atoms with E-state index in [0.29, 0.717) is 35.4 Å². The molecule has 3 rings (SSSR count). The Morgan fingerprint density at radius 3 is 2.28 bits per heavy atom. The molecule has 2 aromatic rings. The van der Waals surface area contributed by atoms with Crippen LogP contribution in [-0.2, 0) is 13.1 Å². The van der Waals surface area contributed by atoms with Crippen LogP contribution in [0.4, 0.5) is 5.69 Å². The first-order valence-electron chi connectivity index (χ1n) is 11.3. The Bertz CT molecular complexity index is 910. The Kier molecular flexibility index (Phi) is 8.47. The molecule has 2 aromatic carbocycles. The zero-order valence-electron chi connectivity index (χ0n) is 19.4. The smallest absolute Gasteiger partial charge is 0.277 e. The summed E-state index contributed by atoms with van der Waals surface area (Å²) >= 11 is 0. The standard InChI is InChI=1S/C25H35N3O4/c1-18-5-4-6-21(11-18)16-27(15-20-9-7-19(14-26)8-10-20)17-22-12-24(31-2)25(32-3)13-23(22)28(29)30/h4-6,11-13,19-20H,7-10,14-17,26H2,1-3H3. The highest BCUT2D eigenvalue weighted by Gasteiger charge is 2.25. The van der Waals surface area contributed by atoms with Gasteiger partial charge in [0.25, 0.3) is 5.69 Å². The van der Waals surface area contributed by atoms with Gasteiger partial charge < -0.3 is 15.2 Å². The van der Waals surface area contributed by atoms with Crippen molar-refractivity contribution in [1.29, 1.82) is 0 Å². The molecule has 0 bridgehead atoms. The minimum atomic E-state index is -0.339. The average Bonchev–Trinajstić information content (AvgIpc) is 2.79. The van der Waals surface area contributed by atoms with E-state index in [0.717, 1.165) is 45.3 Å². The molecule has 0 aromatic heterocycles. The Morgan fingerprint density at radius 2 is 1.69 bits per heavy atom. The van der Waals surface area contributed by atoms with E-state index in [9.17, 15) is 10.1 Å². The Morgan fingerprint density at radius 1 is 1.03 bits per heavy atom. The van der Waals surface area contributed by atoms with Crippen LogP contribution in [0.3, 0.4) is 0 Å². The van der Waals surface area contributed by atoms with Gasteiger partial charge in [-0.3, -0.25) is 15.0 Å². The van der Waals surface area contributed by atoms with E-state index >= 15 is 0 Å². The van der Waals surface area contributed by atoms with Crippen LogP contribution in [0.15, 0.2) is 36.4 Å². The number of ether oxygens (including phenoxy) is 2. The number of rotatable bonds is 10. The molecular formula is C25H35N3O4. The summed E-state index contributed by atoms with van der Waals surface area (Å²) in [6.45, 7) is 4.96. The van der Waals surface area contributed by atoms with Crippen LogP contribution in [0.2, 0.25) is 0 Å². The van der Waals surface area contributed by atoms with E-state index in [4.69, 9.17) is 15.2 Å². The fraction of sp³-hybridized carbons (Fsp3) is 0.520. The van der Waals surface area contributed by atoms with Crippen molar-refractivity contribution in [3.63, 3.8) is 0 Å². The summed E-state index contributed by atoms with van der Waals surface area (Å²) in [5, 5.41) is 11.8. The molecule has 2 N–H and O–H groups in total. The maximum atomic E-state index is 11.8. The van der Waals surface area contributed by atoms with Gasteiger partial charge in [-0.1, -0.05) is 29.8 Å². The van der Waals surface area contributed by atoms with Gasteiger partial charge in [-0.05, 0) is 62.6 Å². The second-order valence-corrected chi connectivity index (χ2v) is 8.87. The van der Waals surface area contributed by atoms with Gasteiger partial charge >= 0.3 is 0 Å². The van der Waals surface area contributed by atoms with Gasteiger partial charge in [-0.15, -0.1) is 0 Å². The third kappa shape index (κ3) is 6.20. The Balaban J connectivity index is 1.86. The van der Waals surface area contributed by atoms with E-state index in [1.807, 2.05) is 0 Å². The number of nitro groups is 1. The first-order chi connectivity index (χ1) is 15.4. The zero-order chi connectivity index (χ0) is 23.1. The van der Waals surface area contributed by atoms with E-state index in [2.05, 4.69) is 36.1 Å². The summed E-state index contributed by atoms with van der Waals surface area (Å²) < 4.78 is 10.7. The normalized spacial score (nSPS) is 18.5. The summed E-state index contributed by atoms with van der Waals surface area (Å²) in [6.07, 6.45) is 4.63. The SMILES string of the molecule is COc1cc(CN(Cc2cccc(C)c2)CC2CCC(CN)CC2)c([N+](=O)[O-])cc1OC. The lowest BCUT2D eigenvalue weighted by Crippen LogP contribution is -2.32. The lowest BCUT2D eigenvalue weighted by Gasteiger charge is -2.32. The van der Waals surface area contributed by atoms with Crippen LogP contribution in [0, 0.1) is 28.9 Å². The van der Waals surface area contributed by atoms with E-state index in [-0.39, 0.29) is 10.6 Å². The van der Waals surface area contributed by atoms with Crippen molar-refractivity contribution in [1.82, 2.24) is 4.90 Å². The lowest BCUT2D eigenvalue weighted by atomic mass is 9.82. The maximum absolute atomic E-state index is 11.8. The summed E-state index contributed by atoms with van der Waals surface area (Å²) in [5.74, 6) is 2.07. The predicted octanol–water partition coefficient (Wildman–Crippen LogP) is 4.69. The van der Waals surface area contributed by atoms with Gasteiger partial charge in [0, 0.05) is 25.2 Å². The highest BCUT2D eigenvalue weighted by atomic mass is 16.6. The predicted molar refractivity (Wildman–Crippen MR) is 126 cm³/mol. The largest absolute Gasteiger partial charge is 0.493 e. The van der Waals surface area contributed by atoms with Crippen LogP contribution in [0.1, 0.15) is 42.4 Å². The van der Waals surface area contributed by atoms with Gasteiger partial charge in [0.15, 0.2) is 11.5 Å². The van der Waals surface area contributed by atoms with Crippen molar-refractivity contribution < 1.29 is 14.4 Å². The van der Waals surface area contributed by atoms with Gasteiger partial charge in [-0.25, -0.2) is 0 Å². The van der Waals surface area contributed by atoms with E-state index in [1.54, 1.807) is 13.2 Å². The molecule has 0 spiro atoms. The summed E-state index contributed by atoms with van der Waals surface area (Å²) in [6, 6.07) is 11.7. The van der Waals surface area contributed by atoms with E-state index in [1.165, 1.54) is 24.3 Å². The number of hydrogen-bond acceptors (Lipinski definition) is 6. The molecule has 174 valence electrons. The molecule has 7 heteroatoms. The highest BCUT2D eigenvalue weighted by molar-refractivity contribution is 5.54. The molecule has 1 aliphatic rings. The number of benzene rings is 2. The fourth-order valence-electron chi connectivity index (χ4n) is 4.72. The van der Waals surface area contributed by atoms with Crippen molar-refractivity contribution in [3.8, 4) is 11.5 Å². The maximum Gasteiger partial charge on any atom is 0.277 e. The number of aryl methyl sites for hydroxylation is 1. The average molecular weight is 442 g/mol. The molecule has 32 heavy (non-hydrogen) atoms.